The summed E-state index contributed by atoms with van der Waals surface area (Å²) in [6.07, 6.45) is 1.08. The van der Waals surface area contributed by atoms with Crippen molar-refractivity contribution in [1.82, 2.24) is 0 Å². The molecule has 3 heteroatoms. The molecule has 0 aromatic heterocycles. The molecule has 0 spiro atoms. The van der Waals surface area contributed by atoms with Crippen LogP contribution in [0.3, 0.4) is 0 Å². The molecule has 1 fully saturated rings. The van der Waals surface area contributed by atoms with Crippen molar-refractivity contribution in [3.63, 3.8) is 0 Å². The van der Waals surface area contributed by atoms with Gasteiger partial charge >= 0.3 is 5.97 Å². The van der Waals surface area contributed by atoms with Gasteiger partial charge < -0.3 is 9.84 Å². The molecule has 0 heterocycles. The Morgan fingerprint density at radius 1 is 1.70 bits per heavy atom. The topological polar surface area (TPSA) is 46.5 Å². The maximum atomic E-state index is 10.7. The third kappa shape index (κ3) is 1.29. The molecular formula is C7H12O3. The van der Waals surface area contributed by atoms with Gasteiger partial charge in [0.25, 0.3) is 0 Å². The number of carbonyl (C=O) groups excluding carboxylic acids is 1. The highest BCUT2D eigenvalue weighted by Crippen LogP contribution is 2.37. The molecule has 0 unspecified atom stereocenters. The minimum atomic E-state index is -0.626. The second-order valence-electron chi connectivity index (χ2n) is 3.13. The van der Waals surface area contributed by atoms with E-state index >= 15 is 0 Å². The molecule has 0 amide bonds. The van der Waals surface area contributed by atoms with Gasteiger partial charge in [0, 0.05) is 0 Å². The molecule has 0 radical (unpaired) electrons. The molecule has 1 rings (SSSR count). The van der Waals surface area contributed by atoms with E-state index in [-0.39, 0.29) is 11.9 Å². The van der Waals surface area contributed by atoms with Crippen LogP contribution in [0, 0.1) is 5.92 Å². The standard InChI is InChI=1S/C7H12O3/c1-7(9)3-5(4-7)6(8)10-2/h5,9H,3-4H2,1-2H3/t5-,7-. The van der Waals surface area contributed by atoms with Crippen LogP contribution in [0.1, 0.15) is 19.8 Å². The number of methoxy groups -OCH3 is 1. The minimum Gasteiger partial charge on any atom is -0.469 e. The Morgan fingerprint density at radius 2 is 2.20 bits per heavy atom. The molecule has 0 aromatic rings. The van der Waals surface area contributed by atoms with Crippen molar-refractivity contribution in [2.24, 2.45) is 5.92 Å². The second-order valence-corrected chi connectivity index (χ2v) is 3.13. The summed E-state index contributed by atoms with van der Waals surface area (Å²) in [7, 11) is 1.37. The van der Waals surface area contributed by atoms with E-state index in [1.54, 1.807) is 6.92 Å². The average Bonchev–Trinajstić information content (AvgIpc) is 1.81. The highest BCUT2D eigenvalue weighted by molar-refractivity contribution is 5.73. The van der Waals surface area contributed by atoms with Crippen LogP contribution in [-0.4, -0.2) is 23.8 Å². The lowest BCUT2D eigenvalue weighted by Gasteiger charge is -2.38. The summed E-state index contributed by atoms with van der Waals surface area (Å²) in [6, 6.07) is 0. The SMILES string of the molecule is COC(=O)[C@H]1C[C@](C)(O)C1. The molecule has 1 N–H and O–H groups in total. The molecule has 1 aliphatic carbocycles. The van der Waals surface area contributed by atoms with Gasteiger partial charge in [-0.15, -0.1) is 0 Å². The zero-order valence-electron chi connectivity index (χ0n) is 6.26. The molecule has 0 aromatic carbocycles. The van der Waals surface area contributed by atoms with Crippen LogP contribution < -0.4 is 0 Å². The predicted molar refractivity (Wildman–Crippen MR) is 35.4 cm³/mol. The number of hydrogen-bond donors (Lipinski definition) is 1. The van der Waals surface area contributed by atoms with Gasteiger partial charge in [-0.3, -0.25) is 4.79 Å². The van der Waals surface area contributed by atoms with Crippen molar-refractivity contribution in [2.75, 3.05) is 7.11 Å². The van der Waals surface area contributed by atoms with Crippen LogP contribution >= 0.6 is 0 Å². The first-order valence-electron chi connectivity index (χ1n) is 3.35. The predicted octanol–water partition coefficient (Wildman–Crippen LogP) is 0.320. The summed E-state index contributed by atoms with van der Waals surface area (Å²) < 4.78 is 4.50. The van der Waals surface area contributed by atoms with Crippen molar-refractivity contribution < 1.29 is 14.6 Å². The largest absolute Gasteiger partial charge is 0.469 e. The molecule has 0 saturated heterocycles. The van der Waals surface area contributed by atoms with E-state index < -0.39 is 5.60 Å². The fourth-order valence-corrected chi connectivity index (χ4v) is 1.34. The summed E-state index contributed by atoms with van der Waals surface area (Å²) >= 11 is 0. The van der Waals surface area contributed by atoms with Crippen LogP contribution in [-0.2, 0) is 9.53 Å². The van der Waals surface area contributed by atoms with Gasteiger partial charge in [-0.25, -0.2) is 0 Å². The first-order valence-corrected chi connectivity index (χ1v) is 3.35. The smallest absolute Gasteiger partial charge is 0.308 e. The zero-order valence-corrected chi connectivity index (χ0v) is 6.26. The molecule has 3 nitrogen and oxygen atoms in total. The summed E-state index contributed by atoms with van der Waals surface area (Å²) in [6.45, 7) is 1.73. The van der Waals surface area contributed by atoms with E-state index in [2.05, 4.69) is 4.74 Å². The first kappa shape index (κ1) is 7.54. The Balaban J connectivity index is 2.33. The summed E-state index contributed by atoms with van der Waals surface area (Å²) in [5.41, 5.74) is -0.626. The Bertz CT molecular complexity index is 143. The van der Waals surface area contributed by atoms with Crippen LogP contribution in [0.5, 0.6) is 0 Å². The molecule has 1 aliphatic rings. The number of ether oxygens (including phenoxy) is 1. The third-order valence-corrected chi connectivity index (χ3v) is 1.91. The molecule has 58 valence electrons. The Kier molecular flexibility index (Phi) is 1.68. The lowest BCUT2D eigenvalue weighted by molar-refractivity contribution is -0.159. The molecule has 0 atom stereocenters. The van der Waals surface area contributed by atoms with Crippen molar-refractivity contribution >= 4 is 5.97 Å². The third-order valence-electron chi connectivity index (χ3n) is 1.91. The van der Waals surface area contributed by atoms with E-state index in [1.165, 1.54) is 7.11 Å². The Morgan fingerprint density at radius 3 is 2.50 bits per heavy atom. The molecular weight excluding hydrogens is 132 g/mol. The van der Waals surface area contributed by atoms with Crippen LogP contribution in [0.2, 0.25) is 0 Å². The Labute approximate surface area is 60.0 Å². The van der Waals surface area contributed by atoms with Crippen molar-refractivity contribution in [1.29, 1.82) is 0 Å². The molecule has 0 aliphatic heterocycles. The lowest BCUT2D eigenvalue weighted by Crippen LogP contribution is -2.44. The maximum Gasteiger partial charge on any atom is 0.308 e. The molecule has 1 saturated carbocycles. The van der Waals surface area contributed by atoms with Gasteiger partial charge in [-0.05, 0) is 19.8 Å². The quantitative estimate of drug-likeness (QED) is 0.539. The second kappa shape index (κ2) is 2.23. The fraction of sp³-hybridized carbons (Fsp3) is 0.857. The van der Waals surface area contributed by atoms with E-state index in [0.717, 1.165) is 0 Å². The van der Waals surface area contributed by atoms with Gasteiger partial charge in [-0.2, -0.15) is 0 Å². The van der Waals surface area contributed by atoms with Gasteiger partial charge in [0.15, 0.2) is 0 Å². The van der Waals surface area contributed by atoms with Gasteiger partial charge in [0.05, 0.1) is 18.6 Å². The lowest BCUT2D eigenvalue weighted by atomic mass is 9.72. The van der Waals surface area contributed by atoms with Crippen LogP contribution in [0.25, 0.3) is 0 Å². The van der Waals surface area contributed by atoms with Crippen LogP contribution in [0.15, 0.2) is 0 Å². The number of carbonyl (C=O) groups is 1. The monoisotopic (exact) mass is 144 g/mol. The molecule has 10 heavy (non-hydrogen) atoms. The van der Waals surface area contributed by atoms with Crippen molar-refractivity contribution in [2.45, 2.75) is 25.4 Å². The average molecular weight is 144 g/mol. The highest BCUT2D eigenvalue weighted by atomic mass is 16.5. The summed E-state index contributed by atoms with van der Waals surface area (Å²) in [4.78, 5) is 10.7. The highest BCUT2D eigenvalue weighted by Gasteiger charge is 2.42. The summed E-state index contributed by atoms with van der Waals surface area (Å²) in [5.74, 6) is -0.272. The first-order chi connectivity index (χ1) is 4.55. The minimum absolute atomic E-state index is 0.0694. The Hall–Kier alpha value is -0.570. The van der Waals surface area contributed by atoms with E-state index in [0.29, 0.717) is 12.8 Å². The number of rotatable bonds is 1. The summed E-state index contributed by atoms with van der Waals surface area (Å²) in [5, 5.41) is 9.22. The number of esters is 1. The van der Waals surface area contributed by atoms with Gasteiger partial charge in [0.2, 0.25) is 0 Å². The van der Waals surface area contributed by atoms with Gasteiger partial charge in [0.1, 0.15) is 0 Å². The maximum absolute atomic E-state index is 10.7. The number of hydrogen-bond acceptors (Lipinski definition) is 3. The van der Waals surface area contributed by atoms with E-state index in [1.807, 2.05) is 0 Å². The normalized spacial score (nSPS) is 38.5. The number of aliphatic hydroxyl groups is 1. The van der Waals surface area contributed by atoms with Crippen molar-refractivity contribution in [3.05, 3.63) is 0 Å². The zero-order chi connectivity index (χ0) is 7.78. The fourth-order valence-electron chi connectivity index (χ4n) is 1.34. The van der Waals surface area contributed by atoms with E-state index in [9.17, 15) is 9.90 Å². The van der Waals surface area contributed by atoms with E-state index in [4.69, 9.17) is 0 Å². The van der Waals surface area contributed by atoms with Gasteiger partial charge in [-0.1, -0.05) is 0 Å². The van der Waals surface area contributed by atoms with Crippen molar-refractivity contribution in [3.8, 4) is 0 Å². The molecule has 0 bridgehead atoms. The van der Waals surface area contributed by atoms with Crippen LogP contribution in [0.4, 0.5) is 0 Å².